The summed E-state index contributed by atoms with van der Waals surface area (Å²) < 4.78 is 41.5. The Balaban J connectivity index is 1.48. The van der Waals surface area contributed by atoms with Crippen LogP contribution in [0.5, 0.6) is 5.75 Å². The van der Waals surface area contributed by atoms with Crippen LogP contribution in [0, 0.1) is 5.92 Å². The fourth-order valence-corrected chi connectivity index (χ4v) is 5.83. The SMILES string of the molecule is CCOc1ccc(NC(=O)[C@@H]2CCCN(S(=O)(=O)c3cccc4nsnc34)C2)cc1. The van der Waals surface area contributed by atoms with Crippen LogP contribution in [0.3, 0.4) is 0 Å². The van der Waals surface area contributed by atoms with Crippen molar-refractivity contribution in [2.75, 3.05) is 25.0 Å². The third kappa shape index (κ3) is 4.16. The number of benzene rings is 2. The van der Waals surface area contributed by atoms with Crippen molar-refractivity contribution in [2.24, 2.45) is 5.92 Å². The van der Waals surface area contributed by atoms with Gasteiger partial charge in [-0.25, -0.2) is 8.42 Å². The number of sulfonamides is 1. The molecule has 1 N–H and O–H groups in total. The molecule has 8 nitrogen and oxygen atoms in total. The van der Waals surface area contributed by atoms with E-state index in [1.807, 2.05) is 6.92 Å². The van der Waals surface area contributed by atoms with Crippen LogP contribution in [-0.4, -0.2) is 47.1 Å². The Kier molecular flexibility index (Phi) is 5.98. The van der Waals surface area contributed by atoms with Gasteiger partial charge in [-0.05, 0) is 56.2 Å². The summed E-state index contributed by atoms with van der Waals surface area (Å²) in [6.07, 6.45) is 1.25. The highest BCUT2D eigenvalue weighted by molar-refractivity contribution is 7.89. The molecule has 10 heteroatoms. The van der Waals surface area contributed by atoms with E-state index in [4.69, 9.17) is 4.74 Å². The molecule has 1 aliphatic rings. The van der Waals surface area contributed by atoms with Crippen molar-refractivity contribution < 1.29 is 17.9 Å². The number of hydrogen-bond acceptors (Lipinski definition) is 7. The fourth-order valence-electron chi connectivity index (χ4n) is 3.55. The molecule has 2 aromatic carbocycles. The van der Waals surface area contributed by atoms with Gasteiger partial charge < -0.3 is 10.1 Å². The number of aromatic nitrogens is 2. The van der Waals surface area contributed by atoms with Gasteiger partial charge in [0, 0.05) is 18.8 Å². The average molecular weight is 447 g/mol. The van der Waals surface area contributed by atoms with E-state index in [9.17, 15) is 13.2 Å². The summed E-state index contributed by atoms with van der Waals surface area (Å²) in [4.78, 5) is 12.9. The molecule has 0 spiro atoms. The Morgan fingerprint density at radius 3 is 2.80 bits per heavy atom. The molecule has 1 saturated heterocycles. The van der Waals surface area contributed by atoms with E-state index in [0.29, 0.717) is 42.7 Å². The quantitative estimate of drug-likeness (QED) is 0.624. The number of carbonyl (C=O) groups is 1. The van der Waals surface area contributed by atoms with Crippen LogP contribution >= 0.6 is 11.7 Å². The number of fused-ring (bicyclic) bond motifs is 1. The van der Waals surface area contributed by atoms with E-state index in [2.05, 4.69) is 14.1 Å². The maximum Gasteiger partial charge on any atom is 0.245 e. The predicted octanol–water partition coefficient (Wildman–Crippen LogP) is 3.13. The number of rotatable bonds is 6. The minimum atomic E-state index is -3.77. The van der Waals surface area contributed by atoms with E-state index < -0.39 is 15.9 Å². The van der Waals surface area contributed by atoms with Gasteiger partial charge in [0.25, 0.3) is 0 Å². The van der Waals surface area contributed by atoms with Crippen LogP contribution in [-0.2, 0) is 14.8 Å². The number of amides is 1. The van der Waals surface area contributed by atoms with Gasteiger partial charge in [-0.1, -0.05) is 6.07 Å². The Morgan fingerprint density at radius 2 is 2.03 bits per heavy atom. The third-order valence-electron chi connectivity index (χ3n) is 5.05. The van der Waals surface area contributed by atoms with Crippen LogP contribution in [0.2, 0.25) is 0 Å². The van der Waals surface area contributed by atoms with Crippen molar-refractivity contribution >= 4 is 44.4 Å². The lowest BCUT2D eigenvalue weighted by atomic mass is 9.99. The first-order valence-electron chi connectivity index (χ1n) is 9.74. The van der Waals surface area contributed by atoms with Gasteiger partial charge in [-0.3, -0.25) is 4.79 Å². The molecule has 1 atom stereocenters. The van der Waals surface area contributed by atoms with Crippen molar-refractivity contribution in [2.45, 2.75) is 24.7 Å². The van der Waals surface area contributed by atoms with Crippen LogP contribution < -0.4 is 10.1 Å². The molecule has 2 heterocycles. The molecule has 0 saturated carbocycles. The lowest BCUT2D eigenvalue weighted by Gasteiger charge is -2.31. The molecule has 30 heavy (non-hydrogen) atoms. The summed E-state index contributed by atoms with van der Waals surface area (Å²) in [5, 5.41) is 2.88. The van der Waals surface area contributed by atoms with Crippen molar-refractivity contribution in [3.05, 3.63) is 42.5 Å². The van der Waals surface area contributed by atoms with Crippen molar-refractivity contribution in [3.63, 3.8) is 0 Å². The van der Waals surface area contributed by atoms with Crippen LogP contribution in [0.1, 0.15) is 19.8 Å². The number of hydrogen-bond donors (Lipinski definition) is 1. The summed E-state index contributed by atoms with van der Waals surface area (Å²) in [7, 11) is -3.77. The lowest BCUT2D eigenvalue weighted by molar-refractivity contribution is -0.120. The maximum atomic E-state index is 13.2. The third-order valence-corrected chi connectivity index (χ3v) is 7.49. The molecular formula is C20H22N4O4S2. The Morgan fingerprint density at radius 1 is 1.23 bits per heavy atom. The molecule has 0 radical (unpaired) electrons. The van der Waals surface area contributed by atoms with Gasteiger partial charge in [0.1, 0.15) is 21.7 Å². The topological polar surface area (TPSA) is 101 Å². The zero-order chi connectivity index (χ0) is 21.1. The smallest absolute Gasteiger partial charge is 0.245 e. The second kappa shape index (κ2) is 8.66. The van der Waals surface area contributed by atoms with E-state index in [1.165, 1.54) is 4.31 Å². The number of nitrogens with one attached hydrogen (secondary N) is 1. The largest absolute Gasteiger partial charge is 0.494 e. The Labute approximate surface area is 179 Å². The molecule has 1 aromatic heterocycles. The van der Waals surface area contributed by atoms with Crippen molar-refractivity contribution in [1.82, 2.24) is 13.1 Å². The monoisotopic (exact) mass is 446 g/mol. The Bertz CT molecular complexity index is 1150. The molecule has 3 aromatic rings. The highest BCUT2D eigenvalue weighted by atomic mass is 32.2. The van der Waals surface area contributed by atoms with Crippen molar-refractivity contribution in [1.29, 1.82) is 0 Å². The summed E-state index contributed by atoms with van der Waals surface area (Å²) in [5.74, 6) is 0.122. The van der Waals surface area contributed by atoms with Gasteiger partial charge in [-0.2, -0.15) is 13.1 Å². The molecule has 0 unspecified atom stereocenters. The normalized spacial score (nSPS) is 17.7. The first-order valence-corrected chi connectivity index (χ1v) is 11.9. The van der Waals surface area contributed by atoms with Gasteiger partial charge >= 0.3 is 0 Å². The summed E-state index contributed by atoms with van der Waals surface area (Å²) in [6, 6.07) is 12.1. The average Bonchev–Trinajstić information content (AvgIpc) is 3.24. The maximum absolute atomic E-state index is 13.2. The van der Waals surface area contributed by atoms with Gasteiger partial charge in [0.05, 0.1) is 24.3 Å². The summed E-state index contributed by atoms with van der Waals surface area (Å²) >= 11 is 0.984. The molecule has 4 rings (SSSR count). The van der Waals surface area contributed by atoms with Crippen LogP contribution in [0.25, 0.3) is 11.0 Å². The molecular weight excluding hydrogens is 424 g/mol. The number of nitrogens with zero attached hydrogens (tertiary/aromatic N) is 3. The number of carbonyl (C=O) groups excluding carboxylic acids is 1. The summed E-state index contributed by atoms with van der Waals surface area (Å²) in [5.41, 5.74) is 1.59. The second-order valence-corrected chi connectivity index (χ2v) is 9.47. The first kappa shape index (κ1) is 20.7. The molecule has 0 aliphatic carbocycles. The van der Waals surface area contributed by atoms with Crippen LogP contribution in [0.15, 0.2) is 47.4 Å². The predicted molar refractivity (Wildman–Crippen MR) is 115 cm³/mol. The molecule has 0 bridgehead atoms. The fraction of sp³-hybridized carbons (Fsp3) is 0.350. The highest BCUT2D eigenvalue weighted by Crippen LogP contribution is 2.28. The summed E-state index contributed by atoms with van der Waals surface area (Å²) in [6.45, 7) is 3.00. The molecule has 1 fully saturated rings. The minimum Gasteiger partial charge on any atom is -0.494 e. The zero-order valence-electron chi connectivity index (χ0n) is 16.4. The van der Waals surface area contributed by atoms with Gasteiger partial charge in [0.15, 0.2) is 0 Å². The second-order valence-electron chi connectivity index (χ2n) is 7.04. The number of ether oxygens (including phenoxy) is 1. The standard InChI is InChI=1S/C20H22N4O4S2/c1-2-28-16-10-8-15(9-11-16)21-20(25)14-5-4-12-24(13-14)30(26,27)18-7-3-6-17-19(18)23-29-22-17/h3,6-11,14H,2,4-5,12-13H2,1H3,(H,21,25)/t14-/m1/s1. The molecule has 1 aliphatic heterocycles. The first-order chi connectivity index (χ1) is 14.5. The van der Waals surface area contributed by atoms with E-state index in [0.717, 1.165) is 17.5 Å². The highest BCUT2D eigenvalue weighted by Gasteiger charge is 2.34. The van der Waals surface area contributed by atoms with E-state index >= 15 is 0 Å². The van der Waals surface area contributed by atoms with E-state index in [1.54, 1.807) is 42.5 Å². The van der Waals surface area contributed by atoms with Gasteiger partial charge in [-0.15, -0.1) is 0 Å². The van der Waals surface area contributed by atoms with Crippen LogP contribution in [0.4, 0.5) is 5.69 Å². The van der Waals surface area contributed by atoms with E-state index in [-0.39, 0.29) is 17.3 Å². The zero-order valence-corrected chi connectivity index (χ0v) is 18.1. The van der Waals surface area contributed by atoms with Gasteiger partial charge in [0.2, 0.25) is 15.9 Å². The number of piperidine rings is 1. The minimum absolute atomic E-state index is 0.138. The van der Waals surface area contributed by atoms with Crippen molar-refractivity contribution in [3.8, 4) is 5.75 Å². The lowest BCUT2D eigenvalue weighted by Crippen LogP contribution is -2.43. The molecule has 158 valence electrons. The Hall–Kier alpha value is -2.56. The molecule has 1 amide bonds. The number of anilines is 1.